The van der Waals surface area contributed by atoms with Crippen LogP contribution in [-0.4, -0.2) is 19.1 Å². The summed E-state index contributed by atoms with van der Waals surface area (Å²) in [6.07, 6.45) is 1.41. The predicted molar refractivity (Wildman–Crippen MR) is 34.1 cm³/mol. The first kappa shape index (κ1) is 7.66. The van der Waals surface area contributed by atoms with Crippen LogP contribution in [-0.2, 0) is 4.74 Å². The van der Waals surface area contributed by atoms with E-state index in [1.807, 2.05) is 0 Å². The Morgan fingerprint density at radius 1 is 1.60 bits per heavy atom. The fraction of sp³-hybridized carbons (Fsp3) is 0.714. The molecule has 0 spiro atoms. The zero-order valence-electron chi connectivity index (χ0n) is 5.65. The van der Waals surface area contributed by atoms with E-state index < -0.39 is 12.5 Å². The molecular weight excluding hydrogens is 138 g/mol. The van der Waals surface area contributed by atoms with Gasteiger partial charge in [0.2, 0.25) is 0 Å². The molecule has 1 fully saturated rings. The van der Waals surface area contributed by atoms with Gasteiger partial charge in [-0.2, -0.15) is 0 Å². The number of hydrogen-bond donors (Lipinski definition) is 0. The van der Waals surface area contributed by atoms with E-state index in [-0.39, 0.29) is 12.3 Å². The Kier molecular flexibility index (Phi) is 2.04. The maximum absolute atomic E-state index is 12.5. The minimum absolute atomic E-state index is 0.115. The van der Waals surface area contributed by atoms with Crippen molar-refractivity contribution < 1.29 is 13.5 Å². The third kappa shape index (κ3) is 1.77. The molecule has 1 rings (SSSR count). The Bertz CT molecular complexity index is 134. The van der Waals surface area contributed by atoms with Crippen LogP contribution in [0.15, 0.2) is 12.7 Å². The van der Waals surface area contributed by atoms with Crippen molar-refractivity contribution in [2.75, 3.05) is 13.2 Å². The lowest BCUT2D eigenvalue weighted by atomic mass is 10.0. The van der Waals surface area contributed by atoms with E-state index in [2.05, 4.69) is 11.3 Å². The van der Waals surface area contributed by atoms with Gasteiger partial charge in [-0.25, -0.2) is 8.78 Å². The Hall–Kier alpha value is -0.440. The van der Waals surface area contributed by atoms with Gasteiger partial charge in [-0.15, -0.1) is 6.58 Å². The van der Waals surface area contributed by atoms with Gasteiger partial charge in [0.05, 0.1) is 6.61 Å². The fourth-order valence-corrected chi connectivity index (χ4v) is 1.01. The van der Waals surface area contributed by atoms with Crippen molar-refractivity contribution in [2.24, 2.45) is 5.92 Å². The second-order valence-corrected chi connectivity index (χ2v) is 2.57. The van der Waals surface area contributed by atoms with Crippen LogP contribution in [0.3, 0.4) is 0 Å². The molecule has 0 amide bonds. The van der Waals surface area contributed by atoms with Gasteiger partial charge in [0.1, 0.15) is 6.61 Å². The van der Waals surface area contributed by atoms with E-state index in [1.54, 1.807) is 0 Å². The SMILES string of the molecule is C=C[C@@H]1COCC(F)(F)C1. The molecule has 0 N–H and O–H groups in total. The summed E-state index contributed by atoms with van der Waals surface area (Å²) in [6, 6.07) is 0. The van der Waals surface area contributed by atoms with Gasteiger partial charge in [0.25, 0.3) is 5.92 Å². The van der Waals surface area contributed by atoms with Crippen LogP contribution < -0.4 is 0 Å². The number of ether oxygens (including phenoxy) is 1. The van der Waals surface area contributed by atoms with Crippen molar-refractivity contribution in [3.8, 4) is 0 Å². The molecule has 1 nitrogen and oxygen atoms in total. The summed E-state index contributed by atoms with van der Waals surface area (Å²) in [4.78, 5) is 0. The molecule has 1 aliphatic rings. The average Bonchev–Trinajstić information content (AvgIpc) is 1.86. The molecule has 0 aliphatic carbocycles. The van der Waals surface area contributed by atoms with E-state index >= 15 is 0 Å². The molecule has 1 heterocycles. The highest BCUT2D eigenvalue weighted by Gasteiger charge is 2.35. The monoisotopic (exact) mass is 148 g/mol. The minimum atomic E-state index is -2.64. The molecule has 3 heteroatoms. The molecule has 58 valence electrons. The Morgan fingerprint density at radius 2 is 2.30 bits per heavy atom. The first-order valence-electron chi connectivity index (χ1n) is 3.22. The van der Waals surface area contributed by atoms with Crippen LogP contribution in [0.5, 0.6) is 0 Å². The van der Waals surface area contributed by atoms with Crippen LogP contribution in [0, 0.1) is 5.92 Å². The van der Waals surface area contributed by atoms with Crippen molar-refractivity contribution in [2.45, 2.75) is 12.3 Å². The second-order valence-electron chi connectivity index (χ2n) is 2.57. The topological polar surface area (TPSA) is 9.23 Å². The molecule has 1 saturated heterocycles. The molecule has 1 atom stereocenters. The van der Waals surface area contributed by atoms with Crippen LogP contribution >= 0.6 is 0 Å². The summed E-state index contributed by atoms with van der Waals surface area (Å²) >= 11 is 0. The average molecular weight is 148 g/mol. The zero-order chi connectivity index (χ0) is 7.61. The standard InChI is InChI=1S/C7H10F2O/c1-2-6-3-7(8,9)5-10-4-6/h2,6H,1,3-5H2/t6-/m0/s1. The molecule has 0 bridgehead atoms. The Morgan fingerprint density at radius 3 is 2.70 bits per heavy atom. The van der Waals surface area contributed by atoms with Crippen molar-refractivity contribution in [3.63, 3.8) is 0 Å². The smallest absolute Gasteiger partial charge is 0.271 e. The van der Waals surface area contributed by atoms with Gasteiger partial charge in [0, 0.05) is 12.3 Å². The molecule has 1 aliphatic heterocycles. The summed E-state index contributed by atoms with van der Waals surface area (Å²) in [6.45, 7) is 3.39. The number of hydrogen-bond acceptors (Lipinski definition) is 1. The number of halogens is 2. The number of alkyl halides is 2. The van der Waals surface area contributed by atoms with Gasteiger partial charge in [-0.3, -0.25) is 0 Å². The second kappa shape index (κ2) is 2.66. The van der Waals surface area contributed by atoms with E-state index in [9.17, 15) is 8.78 Å². The first-order valence-corrected chi connectivity index (χ1v) is 3.22. The maximum Gasteiger partial charge on any atom is 0.271 e. The lowest BCUT2D eigenvalue weighted by Gasteiger charge is -2.26. The van der Waals surface area contributed by atoms with Crippen molar-refractivity contribution >= 4 is 0 Å². The van der Waals surface area contributed by atoms with Gasteiger partial charge in [-0.05, 0) is 0 Å². The molecule has 0 aromatic heterocycles. The molecule has 0 unspecified atom stereocenters. The number of rotatable bonds is 1. The summed E-state index contributed by atoms with van der Waals surface area (Å²) in [5.74, 6) is -2.82. The fourth-order valence-electron chi connectivity index (χ4n) is 1.01. The van der Waals surface area contributed by atoms with Gasteiger partial charge >= 0.3 is 0 Å². The van der Waals surface area contributed by atoms with E-state index in [0.717, 1.165) is 0 Å². The lowest BCUT2D eigenvalue weighted by Crippen LogP contribution is -2.34. The van der Waals surface area contributed by atoms with Gasteiger partial charge < -0.3 is 4.74 Å². The van der Waals surface area contributed by atoms with Crippen molar-refractivity contribution in [1.82, 2.24) is 0 Å². The van der Waals surface area contributed by atoms with E-state index in [1.165, 1.54) is 6.08 Å². The Balaban J connectivity index is 2.47. The molecular formula is C7H10F2O. The molecule has 0 aromatic rings. The zero-order valence-corrected chi connectivity index (χ0v) is 5.65. The summed E-state index contributed by atoms with van der Waals surface area (Å²) < 4.78 is 29.6. The third-order valence-electron chi connectivity index (χ3n) is 1.54. The third-order valence-corrected chi connectivity index (χ3v) is 1.54. The summed E-state index contributed by atoms with van der Waals surface area (Å²) in [5.41, 5.74) is 0. The highest BCUT2D eigenvalue weighted by molar-refractivity contribution is 4.86. The summed E-state index contributed by atoms with van der Waals surface area (Å²) in [5, 5.41) is 0. The van der Waals surface area contributed by atoms with Crippen LogP contribution in [0.4, 0.5) is 8.78 Å². The summed E-state index contributed by atoms with van der Waals surface area (Å²) in [7, 11) is 0. The lowest BCUT2D eigenvalue weighted by molar-refractivity contribution is -0.127. The highest BCUT2D eigenvalue weighted by Crippen LogP contribution is 2.28. The first-order chi connectivity index (χ1) is 4.64. The molecule has 0 saturated carbocycles. The molecule has 10 heavy (non-hydrogen) atoms. The van der Waals surface area contributed by atoms with Gasteiger partial charge in [0.15, 0.2) is 0 Å². The van der Waals surface area contributed by atoms with Crippen LogP contribution in [0.2, 0.25) is 0 Å². The maximum atomic E-state index is 12.5. The van der Waals surface area contributed by atoms with Crippen LogP contribution in [0.25, 0.3) is 0 Å². The largest absolute Gasteiger partial charge is 0.375 e. The molecule has 0 radical (unpaired) electrons. The predicted octanol–water partition coefficient (Wildman–Crippen LogP) is 1.84. The van der Waals surface area contributed by atoms with Gasteiger partial charge in [-0.1, -0.05) is 6.08 Å². The quantitative estimate of drug-likeness (QED) is 0.515. The van der Waals surface area contributed by atoms with Crippen molar-refractivity contribution in [1.29, 1.82) is 0 Å². The van der Waals surface area contributed by atoms with Crippen LogP contribution in [0.1, 0.15) is 6.42 Å². The Labute approximate surface area is 58.7 Å². The molecule has 0 aromatic carbocycles. The highest BCUT2D eigenvalue weighted by atomic mass is 19.3. The van der Waals surface area contributed by atoms with Crippen molar-refractivity contribution in [3.05, 3.63) is 12.7 Å². The normalized spacial score (nSPS) is 31.6. The minimum Gasteiger partial charge on any atom is -0.375 e. The van der Waals surface area contributed by atoms with E-state index in [0.29, 0.717) is 6.61 Å². The van der Waals surface area contributed by atoms with E-state index in [4.69, 9.17) is 0 Å².